The second kappa shape index (κ2) is 9.10. The molecule has 0 atom stereocenters. The first kappa shape index (κ1) is 21.2. The van der Waals surface area contributed by atoms with Gasteiger partial charge in [-0.25, -0.2) is 0 Å². The van der Waals surface area contributed by atoms with Crippen molar-refractivity contribution in [1.82, 2.24) is 19.6 Å². The third kappa shape index (κ3) is 4.49. The number of piperazine rings is 1. The molecule has 3 heterocycles. The number of aryl methyl sites for hydroxylation is 2. The van der Waals surface area contributed by atoms with E-state index in [2.05, 4.69) is 53.3 Å². The molecule has 7 nitrogen and oxygen atoms in total. The van der Waals surface area contributed by atoms with Crippen molar-refractivity contribution in [3.8, 4) is 0 Å². The number of benzene rings is 2. The fraction of sp³-hybridized carbons (Fsp3) is 0.346. The first-order chi connectivity index (χ1) is 16.1. The molecule has 2 aliphatic rings. The number of amides is 2. The molecule has 0 spiro atoms. The Balaban J connectivity index is 1.27. The molecule has 1 saturated heterocycles. The zero-order valence-electron chi connectivity index (χ0n) is 19.0. The van der Waals surface area contributed by atoms with Crippen LogP contribution >= 0.6 is 0 Å². The highest BCUT2D eigenvalue weighted by Crippen LogP contribution is 2.20. The van der Waals surface area contributed by atoms with Gasteiger partial charge in [-0.05, 0) is 31.0 Å². The maximum absolute atomic E-state index is 13.3. The lowest BCUT2D eigenvalue weighted by atomic mass is 10.1. The van der Waals surface area contributed by atoms with Crippen molar-refractivity contribution in [3.63, 3.8) is 0 Å². The van der Waals surface area contributed by atoms with Crippen molar-refractivity contribution < 1.29 is 9.59 Å². The van der Waals surface area contributed by atoms with Gasteiger partial charge in [0.05, 0.1) is 0 Å². The van der Waals surface area contributed by atoms with E-state index in [1.54, 1.807) is 10.7 Å². The highest BCUT2D eigenvalue weighted by Gasteiger charge is 2.29. The maximum Gasteiger partial charge on any atom is 0.274 e. The number of nitrogens with zero attached hydrogens (tertiary/aromatic N) is 5. The van der Waals surface area contributed by atoms with Gasteiger partial charge < -0.3 is 14.7 Å². The topological polar surface area (TPSA) is 61.7 Å². The van der Waals surface area contributed by atoms with Gasteiger partial charge in [0.2, 0.25) is 0 Å². The zero-order chi connectivity index (χ0) is 22.8. The summed E-state index contributed by atoms with van der Waals surface area (Å²) >= 11 is 0. The number of para-hydroxylation sites is 1. The highest BCUT2D eigenvalue weighted by molar-refractivity contribution is 5.98. The molecule has 0 aliphatic carbocycles. The van der Waals surface area contributed by atoms with Crippen molar-refractivity contribution in [1.29, 1.82) is 0 Å². The van der Waals surface area contributed by atoms with E-state index >= 15 is 0 Å². The lowest BCUT2D eigenvalue weighted by Gasteiger charge is -2.35. The standard InChI is InChI=1S/C26H29N5O2/c1-20-8-10-21(11-9-20)19-30-12-5-13-31-24(26(30)33)18-23(27-31)25(32)29-16-14-28(15-17-29)22-6-3-2-4-7-22/h2-4,6-11,18H,5,12-17,19H2,1H3. The van der Waals surface area contributed by atoms with E-state index in [1.165, 1.54) is 11.3 Å². The largest absolute Gasteiger partial charge is 0.368 e. The molecule has 0 N–H and O–H groups in total. The van der Waals surface area contributed by atoms with Crippen molar-refractivity contribution >= 4 is 17.5 Å². The number of aromatic nitrogens is 2. The van der Waals surface area contributed by atoms with E-state index in [4.69, 9.17) is 0 Å². The van der Waals surface area contributed by atoms with Crippen LogP contribution in [0.25, 0.3) is 0 Å². The predicted molar refractivity (Wildman–Crippen MR) is 127 cm³/mol. The Labute approximate surface area is 194 Å². The summed E-state index contributed by atoms with van der Waals surface area (Å²) in [6.07, 6.45) is 0.815. The molecule has 3 aromatic rings. The van der Waals surface area contributed by atoms with Gasteiger partial charge >= 0.3 is 0 Å². The lowest BCUT2D eigenvalue weighted by molar-refractivity contribution is 0.0738. The number of hydrogen-bond donors (Lipinski definition) is 0. The van der Waals surface area contributed by atoms with Crippen LogP contribution in [0.15, 0.2) is 60.7 Å². The molecule has 1 aromatic heterocycles. The van der Waals surface area contributed by atoms with Gasteiger partial charge in [0.15, 0.2) is 5.69 Å². The molecule has 2 aliphatic heterocycles. The third-order valence-electron chi connectivity index (χ3n) is 6.49. The molecule has 170 valence electrons. The smallest absolute Gasteiger partial charge is 0.274 e. The summed E-state index contributed by atoms with van der Waals surface area (Å²) in [5, 5.41) is 4.53. The number of carbonyl (C=O) groups is 2. The highest BCUT2D eigenvalue weighted by atomic mass is 16.2. The minimum Gasteiger partial charge on any atom is -0.368 e. The average molecular weight is 444 g/mol. The number of fused-ring (bicyclic) bond motifs is 1. The minimum atomic E-state index is -0.0961. The normalized spacial score (nSPS) is 16.5. The van der Waals surface area contributed by atoms with Crippen LogP contribution in [-0.2, 0) is 13.1 Å². The van der Waals surface area contributed by atoms with Crippen LogP contribution in [0.3, 0.4) is 0 Å². The van der Waals surface area contributed by atoms with E-state index < -0.39 is 0 Å². The van der Waals surface area contributed by atoms with Gasteiger partial charge in [0.25, 0.3) is 11.8 Å². The fourth-order valence-electron chi connectivity index (χ4n) is 4.57. The zero-order valence-corrected chi connectivity index (χ0v) is 19.0. The minimum absolute atomic E-state index is 0.0616. The summed E-state index contributed by atoms with van der Waals surface area (Å²) in [7, 11) is 0. The molecule has 5 rings (SSSR count). The van der Waals surface area contributed by atoms with Crippen LogP contribution < -0.4 is 4.90 Å². The number of carbonyl (C=O) groups excluding carboxylic acids is 2. The number of hydrogen-bond acceptors (Lipinski definition) is 4. The molecule has 1 fully saturated rings. The van der Waals surface area contributed by atoms with Crippen molar-refractivity contribution in [3.05, 3.63) is 83.2 Å². The van der Waals surface area contributed by atoms with Gasteiger partial charge in [-0.1, -0.05) is 48.0 Å². The van der Waals surface area contributed by atoms with Gasteiger partial charge in [-0.2, -0.15) is 5.10 Å². The van der Waals surface area contributed by atoms with Gasteiger partial charge in [-0.3, -0.25) is 14.3 Å². The number of anilines is 1. The summed E-state index contributed by atoms with van der Waals surface area (Å²) in [6, 6.07) is 20.2. The summed E-state index contributed by atoms with van der Waals surface area (Å²) in [5.74, 6) is -0.158. The average Bonchev–Trinajstić information content (AvgIpc) is 3.23. The molecule has 0 bridgehead atoms. The van der Waals surface area contributed by atoms with Crippen LogP contribution in [-0.4, -0.2) is 64.1 Å². The lowest BCUT2D eigenvalue weighted by Crippen LogP contribution is -2.48. The van der Waals surface area contributed by atoms with Crippen LogP contribution in [0.5, 0.6) is 0 Å². The van der Waals surface area contributed by atoms with Gasteiger partial charge in [-0.15, -0.1) is 0 Å². The summed E-state index contributed by atoms with van der Waals surface area (Å²) in [4.78, 5) is 32.4. The Hall–Kier alpha value is -3.61. The number of rotatable bonds is 4. The Morgan fingerprint density at radius 1 is 0.909 bits per heavy atom. The van der Waals surface area contributed by atoms with Crippen LogP contribution in [0, 0.1) is 6.92 Å². The molecule has 0 saturated carbocycles. The molecule has 0 unspecified atom stereocenters. The van der Waals surface area contributed by atoms with Gasteiger partial charge in [0.1, 0.15) is 5.69 Å². The Morgan fingerprint density at radius 2 is 1.64 bits per heavy atom. The Morgan fingerprint density at radius 3 is 2.36 bits per heavy atom. The molecule has 2 amide bonds. The fourth-order valence-corrected chi connectivity index (χ4v) is 4.57. The molecule has 2 aromatic carbocycles. The quantitative estimate of drug-likeness (QED) is 0.621. The van der Waals surface area contributed by atoms with Crippen LogP contribution in [0.4, 0.5) is 5.69 Å². The summed E-state index contributed by atoms with van der Waals surface area (Å²) < 4.78 is 1.71. The van der Waals surface area contributed by atoms with E-state index in [9.17, 15) is 9.59 Å². The van der Waals surface area contributed by atoms with E-state index in [1.807, 2.05) is 28.0 Å². The first-order valence-corrected chi connectivity index (χ1v) is 11.6. The van der Waals surface area contributed by atoms with Crippen LogP contribution in [0.1, 0.15) is 38.5 Å². The van der Waals surface area contributed by atoms with Crippen molar-refractivity contribution in [2.75, 3.05) is 37.6 Å². The first-order valence-electron chi connectivity index (χ1n) is 11.6. The van der Waals surface area contributed by atoms with Gasteiger partial charge in [0, 0.05) is 57.6 Å². The SMILES string of the molecule is Cc1ccc(CN2CCCn3nc(C(=O)N4CCN(c5ccccc5)CC4)cc3C2=O)cc1. The van der Waals surface area contributed by atoms with Crippen LogP contribution in [0.2, 0.25) is 0 Å². The third-order valence-corrected chi connectivity index (χ3v) is 6.49. The monoisotopic (exact) mass is 443 g/mol. The van der Waals surface area contributed by atoms with E-state index in [0.29, 0.717) is 44.1 Å². The predicted octanol–water partition coefficient (Wildman–Crippen LogP) is 3.20. The molecule has 33 heavy (non-hydrogen) atoms. The molecule has 0 radical (unpaired) electrons. The molecule has 7 heteroatoms. The van der Waals surface area contributed by atoms with E-state index in [-0.39, 0.29) is 11.8 Å². The van der Waals surface area contributed by atoms with E-state index in [0.717, 1.165) is 25.1 Å². The maximum atomic E-state index is 13.3. The molecular formula is C26H29N5O2. The Bertz CT molecular complexity index is 1130. The Kier molecular flexibility index (Phi) is 5.86. The molecular weight excluding hydrogens is 414 g/mol. The summed E-state index contributed by atoms with van der Waals surface area (Å²) in [5.41, 5.74) is 4.36. The van der Waals surface area contributed by atoms with Crippen molar-refractivity contribution in [2.24, 2.45) is 0 Å². The van der Waals surface area contributed by atoms with Crippen molar-refractivity contribution in [2.45, 2.75) is 26.4 Å². The second-order valence-electron chi connectivity index (χ2n) is 8.82. The second-order valence-corrected chi connectivity index (χ2v) is 8.82. The summed E-state index contributed by atoms with van der Waals surface area (Å²) in [6.45, 7) is 6.79.